The Morgan fingerprint density at radius 2 is 1.88 bits per heavy atom. The van der Waals surface area contributed by atoms with Crippen LogP contribution >= 0.6 is 0 Å². The van der Waals surface area contributed by atoms with Crippen LogP contribution in [0.15, 0.2) is 24.3 Å². The highest BCUT2D eigenvalue weighted by atomic mass is 32.2. The van der Waals surface area contributed by atoms with Gasteiger partial charge in [-0.3, -0.25) is 0 Å². The third kappa shape index (κ3) is 3.01. The zero-order chi connectivity index (χ0) is 12.3. The summed E-state index contributed by atoms with van der Waals surface area (Å²) < 4.78 is 35.3. The molecule has 0 fully saturated rings. The molecule has 6 heteroatoms. The summed E-state index contributed by atoms with van der Waals surface area (Å²) in [4.78, 5) is 0. The van der Waals surface area contributed by atoms with Gasteiger partial charge in [-0.2, -0.15) is 0 Å². The van der Waals surface area contributed by atoms with Gasteiger partial charge < -0.3 is 10.8 Å². The molecule has 1 rings (SSSR count). The van der Waals surface area contributed by atoms with Crippen LogP contribution in [0, 0.1) is 5.82 Å². The average molecular weight is 247 g/mol. The van der Waals surface area contributed by atoms with Crippen LogP contribution in [0.1, 0.15) is 11.6 Å². The molecule has 3 N–H and O–H groups in total. The first-order chi connectivity index (χ1) is 7.36. The molecule has 0 unspecified atom stereocenters. The van der Waals surface area contributed by atoms with Gasteiger partial charge in [0.1, 0.15) is 11.1 Å². The molecule has 1 aromatic carbocycles. The molecule has 90 valence electrons. The van der Waals surface area contributed by atoms with Gasteiger partial charge in [-0.05, 0) is 17.7 Å². The molecule has 0 radical (unpaired) electrons. The lowest BCUT2D eigenvalue weighted by molar-refractivity contribution is 0.278. The Bertz CT molecular complexity index is 444. The fraction of sp³-hybridized carbons (Fsp3) is 0.400. The summed E-state index contributed by atoms with van der Waals surface area (Å²) in [6.45, 7) is -0.558. The molecular weight excluding hydrogens is 233 g/mol. The maximum absolute atomic E-state index is 12.7. The molecule has 0 heterocycles. The first kappa shape index (κ1) is 13.1. The fourth-order valence-electron chi connectivity index (χ4n) is 1.41. The lowest BCUT2D eigenvalue weighted by Gasteiger charge is -2.20. The fourth-order valence-corrected chi connectivity index (χ4v) is 2.38. The Kier molecular flexibility index (Phi) is 4.01. The van der Waals surface area contributed by atoms with Gasteiger partial charge in [-0.25, -0.2) is 12.8 Å². The van der Waals surface area contributed by atoms with E-state index in [9.17, 15) is 12.8 Å². The minimum absolute atomic E-state index is 0.421. The summed E-state index contributed by atoms with van der Waals surface area (Å²) in [5.41, 5.74) is 6.20. The van der Waals surface area contributed by atoms with E-state index in [1.807, 2.05) is 0 Å². The number of hydrogen-bond donors (Lipinski definition) is 2. The second-order valence-electron chi connectivity index (χ2n) is 3.63. The molecule has 16 heavy (non-hydrogen) atoms. The monoisotopic (exact) mass is 247 g/mol. The maximum atomic E-state index is 12.7. The van der Waals surface area contributed by atoms with Gasteiger partial charge in [0.15, 0.2) is 9.84 Å². The molecule has 2 atom stereocenters. The van der Waals surface area contributed by atoms with Crippen LogP contribution < -0.4 is 5.73 Å². The zero-order valence-electron chi connectivity index (χ0n) is 8.80. The number of rotatable bonds is 4. The summed E-state index contributed by atoms with van der Waals surface area (Å²) >= 11 is 0. The molecule has 0 saturated carbocycles. The molecule has 1 aromatic rings. The number of aliphatic hydroxyl groups is 1. The summed E-state index contributed by atoms with van der Waals surface area (Å²) in [7, 11) is -3.44. The van der Waals surface area contributed by atoms with Gasteiger partial charge in [0.2, 0.25) is 0 Å². The van der Waals surface area contributed by atoms with Crippen molar-refractivity contribution >= 4 is 9.84 Å². The van der Waals surface area contributed by atoms with Gasteiger partial charge in [-0.1, -0.05) is 12.1 Å². The van der Waals surface area contributed by atoms with Crippen molar-refractivity contribution in [2.24, 2.45) is 5.73 Å². The van der Waals surface area contributed by atoms with Gasteiger partial charge >= 0.3 is 0 Å². The number of hydrogen-bond acceptors (Lipinski definition) is 4. The first-order valence-corrected chi connectivity index (χ1v) is 6.62. The Hall–Kier alpha value is -0.980. The maximum Gasteiger partial charge on any atom is 0.154 e. The van der Waals surface area contributed by atoms with Crippen LogP contribution in [0.25, 0.3) is 0 Å². The quantitative estimate of drug-likeness (QED) is 0.798. The van der Waals surface area contributed by atoms with Crippen LogP contribution in [0.3, 0.4) is 0 Å². The van der Waals surface area contributed by atoms with Crippen molar-refractivity contribution in [3.05, 3.63) is 35.6 Å². The Morgan fingerprint density at radius 3 is 2.25 bits per heavy atom. The summed E-state index contributed by atoms with van der Waals surface area (Å²) in [6, 6.07) is 4.36. The van der Waals surface area contributed by atoms with E-state index >= 15 is 0 Å². The van der Waals surface area contributed by atoms with Crippen molar-refractivity contribution in [3.63, 3.8) is 0 Å². The van der Waals surface area contributed by atoms with Crippen LogP contribution in [-0.4, -0.2) is 31.6 Å². The number of halogens is 1. The highest BCUT2D eigenvalue weighted by Crippen LogP contribution is 2.19. The Labute approximate surface area is 93.8 Å². The van der Waals surface area contributed by atoms with Crippen molar-refractivity contribution in [2.45, 2.75) is 11.3 Å². The first-order valence-electron chi connectivity index (χ1n) is 4.67. The highest BCUT2D eigenvalue weighted by molar-refractivity contribution is 7.91. The van der Waals surface area contributed by atoms with Crippen LogP contribution in [0.2, 0.25) is 0 Å². The smallest absolute Gasteiger partial charge is 0.154 e. The van der Waals surface area contributed by atoms with Crippen molar-refractivity contribution in [1.29, 1.82) is 0 Å². The highest BCUT2D eigenvalue weighted by Gasteiger charge is 2.28. The van der Waals surface area contributed by atoms with Gasteiger partial charge in [0, 0.05) is 12.3 Å². The largest absolute Gasteiger partial charge is 0.395 e. The lowest BCUT2D eigenvalue weighted by Crippen LogP contribution is -2.36. The van der Waals surface area contributed by atoms with Crippen molar-refractivity contribution in [2.75, 3.05) is 12.9 Å². The van der Waals surface area contributed by atoms with E-state index in [1.165, 1.54) is 24.3 Å². The second-order valence-corrected chi connectivity index (χ2v) is 5.89. The predicted octanol–water partition coefficient (Wildman–Crippen LogP) is 0.231. The van der Waals surface area contributed by atoms with Crippen molar-refractivity contribution in [1.82, 2.24) is 0 Å². The number of benzene rings is 1. The molecule has 0 aliphatic carbocycles. The molecule has 4 nitrogen and oxygen atoms in total. The lowest BCUT2D eigenvalue weighted by atomic mass is 10.0. The molecule has 0 amide bonds. The van der Waals surface area contributed by atoms with E-state index in [0.717, 1.165) is 6.26 Å². The minimum atomic E-state index is -3.44. The normalized spacial score (nSPS) is 15.8. The zero-order valence-corrected chi connectivity index (χ0v) is 9.61. The van der Waals surface area contributed by atoms with Gasteiger partial charge in [-0.15, -0.1) is 0 Å². The second kappa shape index (κ2) is 4.90. The molecule has 0 spiro atoms. The Balaban J connectivity index is 3.00. The minimum Gasteiger partial charge on any atom is -0.395 e. The number of nitrogens with two attached hydrogens (primary N) is 1. The molecule has 0 aliphatic heterocycles. The van der Waals surface area contributed by atoms with Crippen molar-refractivity contribution in [3.8, 4) is 0 Å². The van der Waals surface area contributed by atoms with Crippen LogP contribution in [-0.2, 0) is 9.84 Å². The molecule has 0 aliphatic rings. The predicted molar refractivity (Wildman–Crippen MR) is 59.0 cm³/mol. The summed E-state index contributed by atoms with van der Waals surface area (Å²) in [5, 5.41) is 7.94. The average Bonchev–Trinajstić information content (AvgIpc) is 2.17. The van der Waals surface area contributed by atoms with Crippen LogP contribution in [0.4, 0.5) is 4.39 Å². The molecule has 0 aromatic heterocycles. The topological polar surface area (TPSA) is 80.4 Å². The molecule has 0 bridgehead atoms. The molecule has 0 saturated heterocycles. The van der Waals surface area contributed by atoms with E-state index in [-0.39, 0.29) is 0 Å². The van der Waals surface area contributed by atoms with E-state index < -0.39 is 33.6 Å². The molecular formula is C10H14FNO3S. The Morgan fingerprint density at radius 1 is 1.38 bits per heavy atom. The van der Waals surface area contributed by atoms with E-state index in [0.29, 0.717) is 5.56 Å². The van der Waals surface area contributed by atoms with E-state index in [1.54, 1.807) is 0 Å². The van der Waals surface area contributed by atoms with Crippen molar-refractivity contribution < 1.29 is 17.9 Å². The van der Waals surface area contributed by atoms with Crippen LogP contribution in [0.5, 0.6) is 0 Å². The number of sulfone groups is 1. The van der Waals surface area contributed by atoms with E-state index in [2.05, 4.69) is 0 Å². The standard InChI is InChI=1S/C10H14FNO3S/c1-16(14,15)9(6-13)10(12)7-2-4-8(11)5-3-7/h2-5,9-10,13H,6,12H2,1H3/t9-,10+/m0/s1. The SMILES string of the molecule is CS(=O)(=O)[C@@H](CO)[C@H](N)c1ccc(F)cc1. The summed E-state index contributed by atoms with van der Waals surface area (Å²) in [6.07, 6.45) is 1.01. The van der Waals surface area contributed by atoms with Gasteiger partial charge in [0.05, 0.1) is 6.61 Å². The summed E-state index contributed by atoms with van der Waals surface area (Å²) in [5.74, 6) is -0.421. The van der Waals surface area contributed by atoms with E-state index in [4.69, 9.17) is 10.8 Å². The van der Waals surface area contributed by atoms with Gasteiger partial charge in [0.25, 0.3) is 0 Å². The third-order valence-corrected chi connectivity index (χ3v) is 3.93. The third-order valence-electron chi connectivity index (χ3n) is 2.39. The number of aliphatic hydroxyl groups excluding tert-OH is 1.